The van der Waals surface area contributed by atoms with Gasteiger partial charge in [0.1, 0.15) is 17.4 Å². The number of carbonyl (C=O) groups excluding carboxylic acids is 3. The van der Waals surface area contributed by atoms with Crippen molar-refractivity contribution in [2.75, 3.05) is 89.3 Å². The molecule has 3 atom stereocenters. The number of fused-ring (bicyclic) bond motifs is 1. The van der Waals surface area contributed by atoms with E-state index in [4.69, 9.17) is 0 Å². The van der Waals surface area contributed by atoms with Crippen molar-refractivity contribution in [2.45, 2.75) is 70.0 Å². The van der Waals surface area contributed by atoms with E-state index in [0.29, 0.717) is 49.0 Å². The van der Waals surface area contributed by atoms with Gasteiger partial charge in [-0.15, -0.1) is 5.10 Å². The number of hydrogen-bond acceptors (Lipinski definition) is 11. The second kappa shape index (κ2) is 18.8. The Bertz CT molecular complexity index is 2250. The highest BCUT2D eigenvalue weighted by Gasteiger charge is 2.36. The molecule has 3 amide bonds. The van der Waals surface area contributed by atoms with Gasteiger partial charge in [0.25, 0.3) is 11.5 Å². The summed E-state index contributed by atoms with van der Waals surface area (Å²) in [5.74, 6) is -0.701. The molecule has 5 heterocycles. The maximum atomic E-state index is 14.6. The molecule has 0 spiro atoms. The Labute approximate surface area is 357 Å². The first kappa shape index (κ1) is 42.4. The zero-order valence-electron chi connectivity index (χ0n) is 35.7. The van der Waals surface area contributed by atoms with Gasteiger partial charge < -0.3 is 20.0 Å². The lowest BCUT2D eigenvalue weighted by Crippen LogP contribution is -2.54. The fourth-order valence-corrected chi connectivity index (χ4v) is 9.48. The van der Waals surface area contributed by atoms with Crippen molar-refractivity contribution in [3.8, 4) is 0 Å². The molecule has 14 nitrogen and oxygen atoms in total. The number of piperazine rings is 1. The summed E-state index contributed by atoms with van der Waals surface area (Å²) in [7, 11) is 4.30. The Morgan fingerprint density at radius 3 is 2.36 bits per heavy atom. The summed E-state index contributed by atoms with van der Waals surface area (Å²) >= 11 is 0. The zero-order chi connectivity index (χ0) is 42.6. The van der Waals surface area contributed by atoms with Crippen molar-refractivity contribution in [3.05, 3.63) is 93.5 Å². The molecule has 0 aliphatic carbocycles. The van der Waals surface area contributed by atoms with Gasteiger partial charge in [0.05, 0.1) is 11.3 Å². The molecule has 4 aromatic rings. The van der Waals surface area contributed by atoms with Gasteiger partial charge in [0, 0.05) is 101 Å². The Balaban J connectivity index is 0.707. The fourth-order valence-electron chi connectivity index (χ4n) is 9.48. The monoisotopic (exact) mass is 834 g/mol. The standard InChI is InChI=1S/C46H59FN10O4/c1-31-9-8-10-39(47)37(31)28-54-29-38(42(30-54)52(2)3)32-11-13-34(14-12-32)55-23-21-53(22-24-55)20-7-5-4-6-19-48-44(59)33-26-56(27-33)35-15-16-40-36(25-35)46(61)57(51-50-40)41-17-18-43(58)49-45(41)60/h8-16,25,33,38,41-42H,4-7,17-24,26-30H2,1-3H3,(H,48,59)(H,49,58,60)/t38?,41?,42-/m0/s1. The molecule has 4 saturated heterocycles. The van der Waals surface area contributed by atoms with E-state index in [1.165, 1.54) is 11.3 Å². The Morgan fingerprint density at radius 2 is 1.62 bits per heavy atom. The van der Waals surface area contributed by atoms with Crippen LogP contribution in [0.15, 0.2) is 65.5 Å². The lowest BCUT2D eigenvalue weighted by Gasteiger charge is -2.40. The minimum Gasteiger partial charge on any atom is -0.370 e. The maximum Gasteiger partial charge on any atom is 0.278 e. The van der Waals surface area contributed by atoms with Crippen molar-refractivity contribution in [2.24, 2.45) is 5.92 Å². The highest BCUT2D eigenvalue weighted by atomic mass is 19.1. The molecule has 4 aliphatic rings. The highest BCUT2D eigenvalue weighted by molar-refractivity contribution is 5.99. The first-order chi connectivity index (χ1) is 29.5. The van der Waals surface area contributed by atoms with Crippen molar-refractivity contribution in [3.63, 3.8) is 0 Å². The van der Waals surface area contributed by atoms with E-state index in [2.05, 4.69) is 83.8 Å². The lowest BCUT2D eigenvalue weighted by molar-refractivity contribution is -0.136. The summed E-state index contributed by atoms with van der Waals surface area (Å²) in [4.78, 5) is 61.9. The van der Waals surface area contributed by atoms with Crippen LogP contribution in [0.5, 0.6) is 0 Å². The smallest absolute Gasteiger partial charge is 0.278 e. The number of hydrogen-bond donors (Lipinski definition) is 2. The molecule has 15 heteroatoms. The Morgan fingerprint density at radius 1 is 0.869 bits per heavy atom. The second-order valence-corrected chi connectivity index (χ2v) is 17.6. The average Bonchev–Trinajstić information content (AvgIpc) is 3.67. The molecule has 1 aromatic heterocycles. The molecule has 324 valence electrons. The van der Waals surface area contributed by atoms with E-state index in [-0.39, 0.29) is 36.4 Å². The number of aryl methyl sites for hydroxylation is 1. The summed E-state index contributed by atoms with van der Waals surface area (Å²) in [6.45, 7) is 11.5. The van der Waals surface area contributed by atoms with Crippen LogP contribution in [-0.4, -0.2) is 133 Å². The minimum atomic E-state index is -0.875. The summed E-state index contributed by atoms with van der Waals surface area (Å²) < 4.78 is 15.7. The number of likely N-dealkylation sites (tertiary alicyclic amines) is 1. The summed E-state index contributed by atoms with van der Waals surface area (Å²) in [6.07, 6.45) is 4.66. The predicted molar refractivity (Wildman–Crippen MR) is 234 cm³/mol. The molecule has 8 rings (SSSR count). The summed E-state index contributed by atoms with van der Waals surface area (Å²) in [6, 6.07) is 19.4. The third kappa shape index (κ3) is 9.63. The second-order valence-electron chi connectivity index (χ2n) is 17.6. The van der Waals surface area contributed by atoms with Gasteiger partial charge >= 0.3 is 0 Å². The van der Waals surface area contributed by atoms with E-state index >= 15 is 0 Å². The van der Waals surface area contributed by atoms with Gasteiger partial charge in [-0.25, -0.2) is 4.39 Å². The van der Waals surface area contributed by atoms with Gasteiger partial charge in [-0.3, -0.25) is 34.3 Å². The third-order valence-electron chi connectivity index (χ3n) is 13.3. The molecule has 61 heavy (non-hydrogen) atoms. The molecule has 3 aromatic carbocycles. The van der Waals surface area contributed by atoms with Gasteiger partial charge in [0.15, 0.2) is 0 Å². The minimum absolute atomic E-state index is 0.0604. The van der Waals surface area contributed by atoms with Crippen LogP contribution in [-0.2, 0) is 20.9 Å². The Kier molecular flexibility index (Phi) is 13.1. The Hall–Kier alpha value is -5.25. The molecule has 4 fully saturated rings. The van der Waals surface area contributed by atoms with Crippen LogP contribution < -0.4 is 26.0 Å². The number of nitrogens with one attached hydrogen (secondary N) is 2. The number of benzene rings is 3. The van der Waals surface area contributed by atoms with Crippen LogP contribution in [0, 0.1) is 18.7 Å². The number of aromatic nitrogens is 3. The van der Waals surface area contributed by atoms with Gasteiger partial charge in [-0.2, -0.15) is 4.68 Å². The van der Waals surface area contributed by atoms with E-state index in [9.17, 15) is 23.6 Å². The summed E-state index contributed by atoms with van der Waals surface area (Å²) in [5, 5.41) is 13.8. The molecular formula is C46H59FN10O4. The molecule has 2 unspecified atom stereocenters. The zero-order valence-corrected chi connectivity index (χ0v) is 35.7. The van der Waals surface area contributed by atoms with Crippen LogP contribution in [0.1, 0.15) is 67.2 Å². The molecular weight excluding hydrogens is 776 g/mol. The number of nitrogens with zero attached hydrogens (tertiary/aromatic N) is 8. The first-order valence-corrected chi connectivity index (χ1v) is 22.0. The largest absolute Gasteiger partial charge is 0.370 e. The number of unbranched alkanes of at least 4 members (excludes halogenated alkanes) is 3. The van der Waals surface area contributed by atoms with Crippen LogP contribution in [0.3, 0.4) is 0 Å². The molecule has 0 radical (unpaired) electrons. The number of carbonyl (C=O) groups is 3. The average molecular weight is 835 g/mol. The van der Waals surface area contributed by atoms with Gasteiger partial charge in [-0.1, -0.05) is 42.3 Å². The molecule has 4 aliphatic heterocycles. The van der Waals surface area contributed by atoms with Crippen LogP contribution >= 0.6 is 0 Å². The maximum absolute atomic E-state index is 14.6. The van der Waals surface area contributed by atoms with E-state index in [1.807, 2.05) is 19.1 Å². The number of likely N-dealkylation sites (N-methyl/N-ethyl adjacent to an activating group) is 1. The predicted octanol–water partition coefficient (Wildman–Crippen LogP) is 3.68. The van der Waals surface area contributed by atoms with E-state index < -0.39 is 17.5 Å². The normalized spacial score (nSPS) is 21.6. The van der Waals surface area contributed by atoms with Crippen LogP contribution in [0.4, 0.5) is 15.8 Å². The SMILES string of the molecule is Cc1cccc(F)c1CN1CC(c2ccc(N3CCN(CCCCCCNC(=O)C4CN(c5ccc6nnn(C7CCC(=O)NC7=O)c(=O)c6c5)C4)CC3)cc2)[C@@H](N(C)C)C1. The number of halogens is 1. The molecule has 0 saturated carbocycles. The van der Waals surface area contributed by atoms with Crippen LogP contribution in [0.25, 0.3) is 10.9 Å². The van der Waals surface area contributed by atoms with Crippen molar-refractivity contribution < 1.29 is 18.8 Å². The van der Waals surface area contributed by atoms with E-state index in [1.54, 1.807) is 24.3 Å². The van der Waals surface area contributed by atoms with Crippen molar-refractivity contribution >= 4 is 40.0 Å². The van der Waals surface area contributed by atoms with Crippen molar-refractivity contribution in [1.82, 2.24) is 40.3 Å². The van der Waals surface area contributed by atoms with Gasteiger partial charge in [0.2, 0.25) is 11.8 Å². The fraction of sp³-hybridized carbons (Fsp3) is 0.522. The number of anilines is 2. The number of rotatable bonds is 15. The van der Waals surface area contributed by atoms with Crippen molar-refractivity contribution in [1.29, 1.82) is 0 Å². The molecule has 0 bridgehead atoms. The quantitative estimate of drug-likeness (QED) is 0.134. The summed E-state index contributed by atoms with van der Waals surface area (Å²) in [5.41, 5.74) is 5.25. The van der Waals surface area contributed by atoms with E-state index in [0.717, 1.165) is 93.0 Å². The number of imide groups is 1. The highest BCUT2D eigenvalue weighted by Crippen LogP contribution is 2.33. The topological polar surface area (TPSA) is 139 Å². The van der Waals surface area contributed by atoms with Gasteiger partial charge in [-0.05, 0) is 94.4 Å². The third-order valence-corrected chi connectivity index (χ3v) is 13.3. The number of piperidine rings is 1. The lowest BCUT2D eigenvalue weighted by atomic mass is 9.93. The number of amides is 3. The van der Waals surface area contributed by atoms with Crippen LogP contribution in [0.2, 0.25) is 0 Å². The molecule has 2 N–H and O–H groups in total. The first-order valence-electron chi connectivity index (χ1n) is 22.0.